The van der Waals surface area contributed by atoms with Crippen molar-refractivity contribution in [3.05, 3.63) is 70.5 Å². The van der Waals surface area contributed by atoms with Gasteiger partial charge >= 0.3 is 0 Å². The van der Waals surface area contributed by atoms with Crippen LogP contribution in [0.3, 0.4) is 0 Å². The average Bonchev–Trinajstić information content (AvgIpc) is 3.09. The van der Waals surface area contributed by atoms with E-state index in [1.165, 1.54) is 12.1 Å². The Balaban J connectivity index is 1.68. The second-order valence-electron chi connectivity index (χ2n) is 6.98. The maximum atomic E-state index is 13.1. The monoisotopic (exact) mass is 388 g/mol. The third-order valence-corrected chi connectivity index (χ3v) is 4.64. The molecular weight excluding hydrogens is 367 g/mol. The Bertz CT molecular complexity index is 836. The molecule has 0 unspecified atom stereocenters. The zero-order valence-corrected chi connectivity index (χ0v) is 16.1. The summed E-state index contributed by atoms with van der Waals surface area (Å²) in [7, 11) is 0. The fourth-order valence-corrected chi connectivity index (χ4v) is 3.25. The molecule has 0 aromatic heterocycles. The van der Waals surface area contributed by atoms with Crippen molar-refractivity contribution in [1.82, 2.24) is 4.90 Å². The molecule has 27 heavy (non-hydrogen) atoms. The second kappa shape index (κ2) is 8.53. The van der Waals surface area contributed by atoms with E-state index in [4.69, 9.17) is 16.4 Å². The first-order chi connectivity index (χ1) is 12.9. The van der Waals surface area contributed by atoms with Crippen molar-refractivity contribution in [2.45, 2.75) is 32.9 Å². The molecule has 1 aliphatic heterocycles. The van der Waals surface area contributed by atoms with Crippen LogP contribution < -0.4 is 0 Å². The van der Waals surface area contributed by atoms with Crippen LogP contribution in [0.2, 0.25) is 5.02 Å². The molecule has 0 spiro atoms. The molecule has 2 aromatic rings. The number of benzene rings is 2. The molecule has 0 radical (unpaired) electrons. The maximum Gasteiger partial charge on any atom is 0.225 e. The molecule has 1 amide bonds. The standard InChI is InChI=1S/C21H22ClFN2O2/c1-14(2)21(26)25(12-15-4-3-5-17(22)10-15)13-19-11-20(24-27-19)16-6-8-18(23)9-7-16/h3-10,14,19H,11-13H2,1-2H3/t19-/m0/s1. The first kappa shape index (κ1) is 19.4. The van der Waals surface area contributed by atoms with E-state index in [-0.39, 0.29) is 23.7 Å². The van der Waals surface area contributed by atoms with E-state index >= 15 is 0 Å². The zero-order chi connectivity index (χ0) is 19.4. The molecule has 4 nitrogen and oxygen atoms in total. The van der Waals surface area contributed by atoms with E-state index in [0.29, 0.717) is 24.5 Å². The van der Waals surface area contributed by atoms with Gasteiger partial charge in [0.2, 0.25) is 5.91 Å². The van der Waals surface area contributed by atoms with Crippen molar-refractivity contribution in [2.75, 3.05) is 6.54 Å². The zero-order valence-electron chi connectivity index (χ0n) is 15.4. The molecule has 3 rings (SSSR count). The summed E-state index contributed by atoms with van der Waals surface area (Å²) >= 11 is 6.07. The number of carbonyl (C=O) groups is 1. The normalized spacial score (nSPS) is 16.2. The number of rotatable bonds is 6. The Kier molecular flexibility index (Phi) is 6.11. The minimum absolute atomic E-state index is 0.0498. The van der Waals surface area contributed by atoms with E-state index in [0.717, 1.165) is 16.8 Å². The van der Waals surface area contributed by atoms with Crippen LogP contribution in [0.1, 0.15) is 31.4 Å². The number of halogens is 2. The topological polar surface area (TPSA) is 41.9 Å². The lowest BCUT2D eigenvalue weighted by atomic mass is 10.0. The van der Waals surface area contributed by atoms with Gasteiger partial charge in [-0.25, -0.2) is 4.39 Å². The molecule has 1 aliphatic rings. The van der Waals surface area contributed by atoms with E-state index in [9.17, 15) is 9.18 Å². The molecule has 142 valence electrons. The summed E-state index contributed by atoms with van der Waals surface area (Å²) < 4.78 is 13.1. The lowest BCUT2D eigenvalue weighted by Gasteiger charge is -2.26. The molecule has 1 atom stereocenters. The average molecular weight is 389 g/mol. The first-order valence-electron chi connectivity index (χ1n) is 8.94. The van der Waals surface area contributed by atoms with Gasteiger partial charge in [0.15, 0.2) is 6.10 Å². The van der Waals surface area contributed by atoms with Gasteiger partial charge in [-0.3, -0.25) is 4.79 Å². The Morgan fingerprint density at radius 1 is 1.30 bits per heavy atom. The Morgan fingerprint density at radius 2 is 2.04 bits per heavy atom. The van der Waals surface area contributed by atoms with Gasteiger partial charge in [0.1, 0.15) is 5.82 Å². The minimum Gasteiger partial charge on any atom is -0.390 e. The fraction of sp³-hybridized carbons (Fsp3) is 0.333. The van der Waals surface area contributed by atoms with Crippen LogP contribution in [-0.2, 0) is 16.2 Å². The van der Waals surface area contributed by atoms with Gasteiger partial charge in [0.05, 0.1) is 12.3 Å². The van der Waals surface area contributed by atoms with Crippen LogP contribution in [0.15, 0.2) is 53.7 Å². The van der Waals surface area contributed by atoms with Crippen molar-refractivity contribution < 1.29 is 14.0 Å². The summed E-state index contributed by atoms with van der Waals surface area (Å²) in [5, 5.41) is 4.77. The van der Waals surface area contributed by atoms with Crippen molar-refractivity contribution >= 4 is 23.2 Å². The lowest BCUT2D eigenvalue weighted by molar-refractivity contribution is -0.136. The molecule has 0 N–H and O–H groups in total. The van der Waals surface area contributed by atoms with Crippen LogP contribution in [0.25, 0.3) is 0 Å². The highest BCUT2D eigenvalue weighted by molar-refractivity contribution is 6.30. The molecule has 0 saturated carbocycles. The number of hydrogen-bond donors (Lipinski definition) is 0. The van der Waals surface area contributed by atoms with Gasteiger partial charge in [-0.05, 0) is 35.4 Å². The summed E-state index contributed by atoms with van der Waals surface area (Å²) in [6.45, 7) is 4.65. The van der Waals surface area contributed by atoms with Crippen molar-refractivity contribution in [3.63, 3.8) is 0 Å². The molecule has 2 aromatic carbocycles. The predicted molar refractivity (Wildman–Crippen MR) is 104 cm³/mol. The van der Waals surface area contributed by atoms with E-state index in [1.807, 2.05) is 38.1 Å². The summed E-state index contributed by atoms with van der Waals surface area (Å²) in [4.78, 5) is 20.0. The summed E-state index contributed by atoms with van der Waals surface area (Å²) in [5.74, 6) is -0.359. The number of carbonyl (C=O) groups excluding carboxylic acids is 1. The number of hydrogen-bond acceptors (Lipinski definition) is 3. The molecule has 1 heterocycles. The third-order valence-electron chi connectivity index (χ3n) is 4.40. The van der Waals surface area contributed by atoms with Crippen molar-refractivity contribution in [1.29, 1.82) is 0 Å². The number of nitrogens with zero attached hydrogens (tertiary/aromatic N) is 2. The van der Waals surface area contributed by atoms with Crippen LogP contribution in [0.4, 0.5) is 4.39 Å². The van der Waals surface area contributed by atoms with E-state index in [1.54, 1.807) is 17.0 Å². The maximum absolute atomic E-state index is 13.1. The molecule has 0 aliphatic carbocycles. The number of amides is 1. The van der Waals surface area contributed by atoms with Gasteiger partial charge in [-0.1, -0.05) is 54.9 Å². The minimum atomic E-state index is -0.287. The Morgan fingerprint density at radius 3 is 2.70 bits per heavy atom. The van der Waals surface area contributed by atoms with Crippen LogP contribution in [-0.4, -0.2) is 29.2 Å². The summed E-state index contributed by atoms with van der Waals surface area (Å²) in [6.07, 6.45) is 0.343. The van der Waals surface area contributed by atoms with Crippen molar-refractivity contribution in [3.8, 4) is 0 Å². The molecule has 0 bridgehead atoms. The molecule has 6 heteroatoms. The molecule has 0 saturated heterocycles. The van der Waals surface area contributed by atoms with E-state index in [2.05, 4.69) is 5.16 Å². The summed E-state index contributed by atoms with van der Waals surface area (Å²) in [5.41, 5.74) is 2.56. The van der Waals surface area contributed by atoms with Crippen LogP contribution >= 0.6 is 11.6 Å². The third kappa shape index (κ3) is 5.07. The lowest BCUT2D eigenvalue weighted by Crippen LogP contribution is -2.39. The SMILES string of the molecule is CC(C)C(=O)N(Cc1cccc(Cl)c1)C[C@@H]1CC(c2ccc(F)cc2)=NO1. The van der Waals surface area contributed by atoms with Gasteiger partial charge in [-0.15, -0.1) is 0 Å². The smallest absolute Gasteiger partial charge is 0.225 e. The van der Waals surface area contributed by atoms with Crippen LogP contribution in [0, 0.1) is 11.7 Å². The molecule has 0 fully saturated rings. The van der Waals surface area contributed by atoms with Crippen molar-refractivity contribution in [2.24, 2.45) is 11.1 Å². The molecular formula is C21H22ClFN2O2. The van der Waals surface area contributed by atoms with Gasteiger partial charge in [0, 0.05) is 23.9 Å². The van der Waals surface area contributed by atoms with E-state index < -0.39 is 0 Å². The second-order valence-corrected chi connectivity index (χ2v) is 7.42. The highest BCUT2D eigenvalue weighted by atomic mass is 35.5. The van der Waals surface area contributed by atoms with Crippen LogP contribution in [0.5, 0.6) is 0 Å². The Hall–Kier alpha value is -2.40. The fourth-order valence-electron chi connectivity index (χ4n) is 3.04. The number of oxime groups is 1. The predicted octanol–water partition coefficient (Wildman–Crippen LogP) is 4.66. The largest absolute Gasteiger partial charge is 0.390 e. The van der Waals surface area contributed by atoms with Gasteiger partial charge in [0.25, 0.3) is 0 Å². The summed E-state index contributed by atoms with van der Waals surface area (Å²) in [6, 6.07) is 13.7. The quantitative estimate of drug-likeness (QED) is 0.722. The first-order valence-corrected chi connectivity index (χ1v) is 9.32. The van der Waals surface area contributed by atoms with Gasteiger partial charge < -0.3 is 9.74 Å². The van der Waals surface area contributed by atoms with Gasteiger partial charge in [-0.2, -0.15) is 0 Å². The highest BCUT2D eigenvalue weighted by Gasteiger charge is 2.27. The highest BCUT2D eigenvalue weighted by Crippen LogP contribution is 2.20. The Labute approximate surface area is 163 Å².